The lowest BCUT2D eigenvalue weighted by Crippen LogP contribution is -2.44. The number of phenols is 1. The molecule has 0 radical (unpaired) electrons. The molecule has 1 atom stereocenters. The molecule has 3 aromatic rings. The van der Waals surface area contributed by atoms with Gasteiger partial charge in [0.1, 0.15) is 17.1 Å². The second-order valence-electron chi connectivity index (χ2n) is 7.51. The highest BCUT2D eigenvalue weighted by atomic mass is 32.1. The molecule has 1 heterocycles. The van der Waals surface area contributed by atoms with Gasteiger partial charge in [0.25, 0.3) is 16.8 Å². The monoisotopic (exact) mass is 428 g/mol. The summed E-state index contributed by atoms with van der Waals surface area (Å²) in [6.07, 6.45) is 0. The lowest BCUT2D eigenvalue weighted by atomic mass is 10.0. The zero-order chi connectivity index (χ0) is 22.2. The number of para-hydroxylation sites is 1. The lowest BCUT2D eigenvalue weighted by molar-refractivity contribution is 0.0824. The van der Waals surface area contributed by atoms with Crippen LogP contribution in [0.3, 0.4) is 0 Å². The number of nitrogens with zero attached hydrogens (tertiary/aromatic N) is 2. The average Bonchev–Trinajstić information content (AvgIpc) is 3.23. The minimum atomic E-state index is -0.752. The molecule has 1 amide bonds. The fourth-order valence-corrected chi connectivity index (χ4v) is 4.14. The first-order chi connectivity index (χ1) is 14.1. The van der Waals surface area contributed by atoms with Crippen LogP contribution in [0.4, 0.5) is 17.1 Å². The molecule has 0 saturated heterocycles. The zero-order valence-electron chi connectivity index (χ0n) is 17.2. The van der Waals surface area contributed by atoms with Crippen molar-refractivity contribution in [3.63, 3.8) is 0 Å². The van der Waals surface area contributed by atoms with Gasteiger partial charge in [0.15, 0.2) is 5.75 Å². The number of rotatable bonds is 7. The fourth-order valence-electron chi connectivity index (χ4n) is 3.19. The van der Waals surface area contributed by atoms with Crippen molar-refractivity contribution >= 4 is 34.3 Å². The molecule has 0 aliphatic heterocycles. The number of thiophene rings is 1. The quantitative estimate of drug-likeness (QED) is 0.301. The van der Waals surface area contributed by atoms with Crippen LogP contribution in [0.2, 0.25) is 0 Å². The molecule has 1 aromatic heterocycles. The van der Waals surface area contributed by atoms with Crippen LogP contribution in [0.15, 0.2) is 45.3 Å². The second kappa shape index (κ2) is 8.29. The van der Waals surface area contributed by atoms with Crippen LogP contribution in [0.25, 0.3) is 0 Å². The number of hydrogen-bond acceptors (Lipinski definition) is 8. The molecule has 4 N–H and O–H groups in total. The summed E-state index contributed by atoms with van der Waals surface area (Å²) in [5, 5.41) is 16.7. The van der Waals surface area contributed by atoms with E-state index in [2.05, 4.69) is 5.32 Å². The minimum Gasteiger partial charge on any atom is -0.505 e. The summed E-state index contributed by atoms with van der Waals surface area (Å²) in [4.78, 5) is 39.3. The van der Waals surface area contributed by atoms with Gasteiger partial charge in [-0.1, -0.05) is 26.0 Å². The third-order valence-electron chi connectivity index (χ3n) is 4.85. The Morgan fingerprint density at radius 2 is 1.83 bits per heavy atom. The number of carbonyl (C=O) groups excluding carboxylic acids is 1. The molecule has 9 heteroatoms. The molecule has 0 aliphatic carbocycles. The van der Waals surface area contributed by atoms with E-state index < -0.39 is 16.8 Å². The second-order valence-corrected chi connectivity index (χ2v) is 8.49. The number of benzene rings is 1. The van der Waals surface area contributed by atoms with E-state index in [4.69, 9.17) is 5.84 Å². The Morgan fingerprint density at radius 3 is 2.40 bits per heavy atom. The van der Waals surface area contributed by atoms with Gasteiger partial charge in [-0.3, -0.25) is 19.4 Å². The molecule has 0 saturated carbocycles. The van der Waals surface area contributed by atoms with Crippen molar-refractivity contribution in [3.8, 4) is 5.75 Å². The molecule has 1 unspecified atom stereocenters. The summed E-state index contributed by atoms with van der Waals surface area (Å²) >= 11 is 1.55. The number of hydrazine groups is 1. The van der Waals surface area contributed by atoms with Crippen molar-refractivity contribution in [2.24, 2.45) is 11.8 Å². The Hall–Kier alpha value is -3.17. The van der Waals surface area contributed by atoms with Crippen molar-refractivity contribution in [3.05, 3.63) is 66.6 Å². The molecule has 158 valence electrons. The maximum atomic E-state index is 12.3. The van der Waals surface area contributed by atoms with Crippen LogP contribution >= 0.6 is 11.3 Å². The zero-order valence-corrected chi connectivity index (χ0v) is 18.0. The summed E-state index contributed by atoms with van der Waals surface area (Å²) < 4.78 is 0. The molecule has 0 spiro atoms. The van der Waals surface area contributed by atoms with Crippen LogP contribution in [-0.4, -0.2) is 30.0 Å². The minimum absolute atomic E-state index is 0.0415. The molecular weight excluding hydrogens is 404 g/mol. The fraction of sp³-hybridized carbons (Fsp3) is 0.286. The topological polar surface area (TPSA) is 116 Å². The number of amides is 1. The summed E-state index contributed by atoms with van der Waals surface area (Å²) in [5.41, 5.74) is -1.28. The largest absolute Gasteiger partial charge is 0.505 e. The number of nitrogens with one attached hydrogen (secondary N) is 1. The summed E-state index contributed by atoms with van der Waals surface area (Å²) in [6.45, 7) is 4.01. The van der Waals surface area contributed by atoms with E-state index >= 15 is 0 Å². The first-order valence-corrected chi connectivity index (χ1v) is 10.2. The highest BCUT2D eigenvalue weighted by molar-refractivity contribution is 7.10. The van der Waals surface area contributed by atoms with Gasteiger partial charge in [0, 0.05) is 19.0 Å². The predicted octanol–water partition coefficient (Wildman–Crippen LogP) is 2.57. The van der Waals surface area contributed by atoms with Crippen molar-refractivity contribution in [1.82, 2.24) is 4.90 Å². The molecule has 0 aliphatic rings. The molecular formula is C21H24N4O4S. The number of hydrogen-bond donors (Lipinski definition) is 3. The number of carbonyl (C=O) groups is 1. The number of anilines is 3. The Bertz CT molecular complexity index is 1130. The van der Waals surface area contributed by atoms with Gasteiger partial charge in [-0.05, 0) is 29.5 Å². The maximum absolute atomic E-state index is 12.3. The van der Waals surface area contributed by atoms with Crippen LogP contribution < -0.4 is 27.0 Å². The Morgan fingerprint density at radius 1 is 1.13 bits per heavy atom. The van der Waals surface area contributed by atoms with E-state index in [1.165, 1.54) is 17.0 Å². The first-order valence-electron chi connectivity index (χ1n) is 9.36. The number of nitrogens with two attached hydrogens (primary N) is 1. The SMILES string of the molecule is CC(C)C(Nc1c(N(N)c2cccc(C(=O)N(C)C)c2O)c(=O)c1=O)c1cccs1. The predicted molar refractivity (Wildman–Crippen MR) is 119 cm³/mol. The highest BCUT2D eigenvalue weighted by Gasteiger charge is 2.30. The molecule has 3 rings (SSSR count). The number of aromatic hydroxyl groups is 1. The summed E-state index contributed by atoms with van der Waals surface area (Å²) in [7, 11) is 3.12. The lowest BCUT2D eigenvalue weighted by Gasteiger charge is -2.28. The molecule has 0 fully saturated rings. The van der Waals surface area contributed by atoms with Crippen LogP contribution in [-0.2, 0) is 0 Å². The third kappa shape index (κ3) is 3.69. The van der Waals surface area contributed by atoms with E-state index in [0.29, 0.717) is 0 Å². The van der Waals surface area contributed by atoms with Gasteiger partial charge in [0.2, 0.25) is 0 Å². The van der Waals surface area contributed by atoms with E-state index in [0.717, 1.165) is 9.89 Å². The molecule has 30 heavy (non-hydrogen) atoms. The van der Waals surface area contributed by atoms with Gasteiger partial charge >= 0.3 is 0 Å². The molecule has 0 bridgehead atoms. The van der Waals surface area contributed by atoms with Gasteiger partial charge in [0.05, 0.1) is 11.6 Å². The van der Waals surface area contributed by atoms with Crippen molar-refractivity contribution in [2.45, 2.75) is 19.9 Å². The highest BCUT2D eigenvalue weighted by Crippen LogP contribution is 2.37. The van der Waals surface area contributed by atoms with Gasteiger partial charge < -0.3 is 15.3 Å². The van der Waals surface area contributed by atoms with Crippen molar-refractivity contribution in [2.75, 3.05) is 24.4 Å². The van der Waals surface area contributed by atoms with E-state index in [1.807, 2.05) is 31.4 Å². The summed E-state index contributed by atoms with van der Waals surface area (Å²) in [5.74, 6) is 5.50. The van der Waals surface area contributed by atoms with Crippen LogP contribution in [0.1, 0.15) is 35.1 Å². The Labute approximate surface area is 177 Å². The van der Waals surface area contributed by atoms with Gasteiger partial charge in [-0.2, -0.15) is 0 Å². The van der Waals surface area contributed by atoms with Crippen molar-refractivity contribution in [1.29, 1.82) is 0 Å². The van der Waals surface area contributed by atoms with E-state index in [9.17, 15) is 19.5 Å². The van der Waals surface area contributed by atoms with Crippen LogP contribution in [0.5, 0.6) is 5.75 Å². The van der Waals surface area contributed by atoms with Gasteiger partial charge in [-0.15, -0.1) is 11.3 Å². The molecule has 8 nitrogen and oxygen atoms in total. The number of phenolic OH excluding ortho intramolecular Hbond substituents is 1. The van der Waals surface area contributed by atoms with Gasteiger partial charge in [-0.25, -0.2) is 5.84 Å². The maximum Gasteiger partial charge on any atom is 0.257 e. The standard InChI is InChI=1S/C21H24N4O4S/c1-11(2)15(14-9-6-10-30-14)23-16-17(20(28)19(16)27)25(22)13-8-5-7-12(18(13)26)21(29)24(3)4/h5-11,15,23,26H,22H2,1-4H3. The van der Waals surface area contributed by atoms with E-state index in [1.54, 1.807) is 31.5 Å². The molecule has 2 aromatic carbocycles. The third-order valence-corrected chi connectivity index (χ3v) is 5.81. The summed E-state index contributed by atoms with van der Waals surface area (Å²) in [6, 6.07) is 8.17. The Kier molecular flexibility index (Phi) is 5.95. The first kappa shape index (κ1) is 21.5. The average molecular weight is 429 g/mol. The van der Waals surface area contributed by atoms with E-state index in [-0.39, 0.29) is 40.3 Å². The Balaban J connectivity index is 2.00. The van der Waals surface area contributed by atoms with Crippen LogP contribution in [0, 0.1) is 5.92 Å². The normalized spacial score (nSPS) is 12.2. The smallest absolute Gasteiger partial charge is 0.257 e. The van der Waals surface area contributed by atoms with Crippen molar-refractivity contribution < 1.29 is 9.90 Å².